The van der Waals surface area contributed by atoms with Crippen LogP contribution in [0.3, 0.4) is 0 Å². The molecule has 0 spiro atoms. The van der Waals surface area contributed by atoms with Gasteiger partial charge in [0.15, 0.2) is 0 Å². The number of carbonyl (C=O) groups excluding carboxylic acids is 1. The molecule has 1 amide bonds. The summed E-state index contributed by atoms with van der Waals surface area (Å²) < 4.78 is 13.7. The van der Waals surface area contributed by atoms with E-state index in [0.717, 1.165) is 25.2 Å². The Hall–Kier alpha value is -1.62. The molecule has 1 heterocycles. The van der Waals surface area contributed by atoms with Crippen molar-refractivity contribution in [1.29, 1.82) is 0 Å². The van der Waals surface area contributed by atoms with Gasteiger partial charge in [0.2, 0.25) is 5.91 Å². The van der Waals surface area contributed by atoms with E-state index in [1.54, 1.807) is 17.9 Å². The molecule has 1 aromatic rings. The van der Waals surface area contributed by atoms with Gasteiger partial charge in [-0.3, -0.25) is 4.79 Å². The first-order valence-corrected chi connectivity index (χ1v) is 6.52. The van der Waals surface area contributed by atoms with E-state index < -0.39 is 0 Å². The lowest BCUT2D eigenvalue weighted by molar-refractivity contribution is -0.128. The Morgan fingerprint density at radius 3 is 2.79 bits per heavy atom. The number of carbonyl (C=O) groups is 1. The normalized spacial score (nSPS) is 16.4. The molecule has 104 valence electrons. The van der Waals surface area contributed by atoms with Crippen LogP contribution in [0.5, 0.6) is 0 Å². The molecule has 0 unspecified atom stereocenters. The first-order valence-electron chi connectivity index (χ1n) is 6.52. The number of anilines is 1. The third-order valence-corrected chi connectivity index (χ3v) is 3.53. The van der Waals surface area contributed by atoms with Crippen molar-refractivity contribution in [2.75, 3.05) is 31.1 Å². The number of hydrogen-bond donors (Lipinski definition) is 1. The van der Waals surface area contributed by atoms with Crippen LogP contribution < -0.4 is 4.90 Å². The molecule has 5 heteroatoms. The summed E-state index contributed by atoms with van der Waals surface area (Å²) in [5, 5.41) is 9.31. The largest absolute Gasteiger partial charge is 0.391 e. The van der Waals surface area contributed by atoms with Crippen LogP contribution in [0.1, 0.15) is 18.9 Å². The number of hydrogen-bond acceptors (Lipinski definition) is 3. The van der Waals surface area contributed by atoms with Crippen LogP contribution in [0, 0.1) is 5.82 Å². The lowest BCUT2D eigenvalue weighted by Gasteiger charge is -2.25. The van der Waals surface area contributed by atoms with Crippen LogP contribution in [-0.4, -0.2) is 42.1 Å². The smallest absolute Gasteiger partial charge is 0.219 e. The Kier molecular flexibility index (Phi) is 4.37. The maximum absolute atomic E-state index is 13.7. The molecule has 2 rings (SSSR count). The van der Waals surface area contributed by atoms with Crippen molar-refractivity contribution in [2.45, 2.75) is 20.0 Å². The molecule has 0 atom stereocenters. The highest BCUT2D eigenvalue weighted by Crippen LogP contribution is 2.24. The number of halogens is 1. The monoisotopic (exact) mass is 266 g/mol. The Morgan fingerprint density at radius 2 is 2.11 bits per heavy atom. The summed E-state index contributed by atoms with van der Waals surface area (Å²) in [6.45, 7) is 4.05. The summed E-state index contributed by atoms with van der Waals surface area (Å²) in [7, 11) is 0. The number of nitrogens with zero attached hydrogens (tertiary/aromatic N) is 2. The summed E-state index contributed by atoms with van der Waals surface area (Å²) in [6.07, 6.45) is 0.848. The van der Waals surface area contributed by atoms with Gasteiger partial charge in [-0.2, -0.15) is 0 Å². The first-order chi connectivity index (χ1) is 9.13. The molecule has 1 saturated heterocycles. The second kappa shape index (κ2) is 6.02. The third-order valence-electron chi connectivity index (χ3n) is 3.53. The predicted molar refractivity (Wildman–Crippen MR) is 71.4 cm³/mol. The topological polar surface area (TPSA) is 43.8 Å². The molecule has 0 saturated carbocycles. The van der Waals surface area contributed by atoms with E-state index in [2.05, 4.69) is 0 Å². The minimum atomic E-state index is -0.382. The molecule has 1 aliphatic heterocycles. The van der Waals surface area contributed by atoms with E-state index in [1.165, 1.54) is 6.07 Å². The average molecular weight is 266 g/mol. The molecule has 0 bridgehead atoms. The summed E-state index contributed by atoms with van der Waals surface area (Å²) in [6, 6.07) is 4.82. The quantitative estimate of drug-likeness (QED) is 0.879. The lowest BCUT2D eigenvalue weighted by Crippen LogP contribution is -2.34. The van der Waals surface area contributed by atoms with Gasteiger partial charge in [0.05, 0.1) is 6.61 Å². The van der Waals surface area contributed by atoms with Crippen LogP contribution >= 0.6 is 0 Å². The van der Waals surface area contributed by atoms with Crippen LogP contribution in [0.15, 0.2) is 18.2 Å². The molecule has 0 aliphatic carbocycles. The fourth-order valence-corrected chi connectivity index (χ4v) is 2.47. The van der Waals surface area contributed by atoms with Gasteiger partial charge in [-0.25, -0.2) is 4.39 Å². The van der Waals surface area contributed by atoms with Crippen LogP contribution in [-0.2, 0) is 11.4 Å². The molecule has 1 aromatic carbocycles. The summed E-state index contributed by atoms with van der Waals surface area (Å²) >= 11 is 0. The maximum Gasteiger partial charge on any atom is 0.219 e. The van der Waals surface area contributed by atoms with Crippen molar-refractivity contribution in [1.82, 2.24) is 4.90 Å². The van der Waals surface area contributed by atoms with Gasteiger partial charge < -0.3 is 14.9 Å². The Labute approximate surface area is 112 Å². The predicted octanol–water partition coefficient (Wildman–Crippen LogP) is 1.38. The van der Waals surface area contributed by atoms with Gasteiger partial charge in [-0.1, -0.05) is 6.07 Å². The summed E-state index contributed by atoms with van der Waals surface area (Å²) in [4.78, 5) is 15.2. The van der Waals surface area contributed by atoms with Crippen molar-refractivity contribution in [3.05, 3.63) is 29.6 Å². The van der Waals surface area contributed by atoms with Crippen molar-refractivity contribution < 1.29 is 14.3 Å². The molecule has 0 aromatic heterocycles. The van der Waals surface area contributed by atoms with Crippen LogP contribution in [0.2, 0.25) is 0 Å². The summed E-state index contributed by atoms with van der Waals surface area (Å²) in [5.74, 6) is -0.309. The number of aliphatic hydroxyl groups excluding tert-OH is 1. The SMILES string of the molecule is CC(=O)N1CCCN(c2cccc(F)c2CO)CC1. The van der Waals surface area contributed by atoms with E-state index in [0.29, 0.717) is 18.7 Å². The molecule has 1 aliphatic rings. The van der Waals surface area contributed by atoms with E-state index >= 15 is 0 Å². The highest BCUT2D eigenvalue weighted by atomic mass is 19.1. The molecule has 1 fully saturated rings. The van der Waals surface area contributed by atoms with E-state index in [-0.39, 0.29) is 18.3 Å². The van der Waals surface area contributed by atoms with Crippen LogP contribution in [0.25, 0.3) is 0 Å². The fourth-order valence-electron chi connectivity index (χ4n) is 2.47. The number of amides is 1. The minimum absolute atomic E-state index is 0.0727. The molecule has 4 nitrogen and oxygen atoms in total. The van der Waals surface area contributed by atoms with Crippen molar-refractivity contribution in [3.8, 4) is 0 Å². The molecule has 19 heavy (non-hydrogen) atoms. The first kappa shape index (κ1) is 13.8. The van der Waals surface area contributed by atoms with Gasteiger partial charge in [0, 0.05) is 44.4 Å². The van der Waals surface area contributed by atoms with E-state index in [4.69, 9.17) is 0 Å². The molecule has 0 radical (unpaired) electrons. The zero-order valence-corrected chi connectivity index (χ0v) is 11.1. The molecular weight excluding hydrogens is 247 g/mol. The van der Waals surface area contributed by atoms with E-state index in [1.807, 2.05) is 11.0 Å². The van der Waals surface area contributed by atoms with Crippen molar-refractivity contribution in [2.24, 2.45) is 0 Å². The third kappa shape index (κ3) is 3.04. The zero-order chi connectivity index (χ0) is 13.8. The van der Waals surface area contributed by atoms with E-state index in [9.17, 15) is 14.3 Å². The van der Waals surface area contributed by atoms with Gasteiger partial charge in [0.1, 0.15) is 5.82 Å². The van der Waals surface area contributed by atoms with Crippen molar-refractivity contribution in [3.63, 3.8) is 0 Å². The Balaban J connectivity index is 2.18. The number of rotatable bonds is 2. The minimum Gasteiger partial charge on any atom is -0.391 e. The highest BCUT2D eigenvalue weighted by Gasteiger charge is 2.19. The molecule has 1 N–H and O–H groups in total. The van der Waals surface area contributed by atoms with Gasteiger partial charge in [0.25, 0.3) is 0 Å². The lowest BCUT2D eigenvalue weighted by atomic mass is 10.1. The number of benzene rings is 1. The zero-order valence-electron chi connectivity index (χ0n) is 11.1. The average Bonchev–Trinajstić information content (AvgIpc) is 2.64. The number of aliphatic hydroxyl groups is 1. The van der Waals surface area contributed by atoms with Gasteiger partial charge in [-0.15, -0.1) is 0 Å². The second-order valence-corrected chi connectivity index (χ2v) is 4.74. The Morgan fingerprint density at radius 1 is 1.32 bits per heavy atom. The standard InChI is InChI=1S/C14H19FN2O2/c1-11(19)16-6-3-7-17(9-8-16)14-5-2-4-13(15)12(14)10-18/h2,4-5,18H,3,6-10H2,1H3. The fraction of sp³-hybridized carbons (Fsp3) is 0.500. The summed E-state index contributed by atoms with van der Waals surface area (Å²) in [5.41, 5.74) is 1.06. The van der Waals surface area contributed by atoms with Gasteiger partial charge in [-0.05, 0) is 18.6 Å². The molecular formula is C14H19FN2O2. The van der Waals surface area contributed by atoms with Gasteiger partial charge >= 0.3 is 0 Å². The maximum atomic E-state index is 13.7. The van der Waals surface area contributed by atoms with Crippen molar-refractivity contribution >= 4 is 11.6 Å². The Bertz CT molecular complexity index is 465. The second-order valence-electron chi connectivity index (χ2n) is 4.74. The highest BCUT2D eigenvalue weighted by molar-refractivity contribution is 5.73. The van der Waals surface area contributed by atoms with Crippen LogP contribution in [0.4, 0.5) is 10.1 Å².